The zero-order valence-electron chi connectivity index (χ0n) is 9.98. The van der Waals surface area contributed by atoms with Crippen molar-refractivity contribution in [3.8, 4) is 12.3 Å². The summed E-state index contributed by atoms with van der Waals surface area (Å²) in [5.74, 6) is 3.31. The van der Waals surface area contributed by atoms with Crippen molar-refractivity contribution in [1.82, 2.24) is 14.6 Å². The molecule has 0 spiro atoms. The van der Waals surface area contributed by atoms with Crippen LogP contribution in [0.4, 0.5) is 5.95 Å². The number of pyridine rings is 1. The highest BCUT2D eigenvalue weighted by molar-refractivity contribution is 5.44. The molecule has 2 aromatic rings. The van der Waals surface area contributed by atoms with Gasteiger partial charge in [-0.2, -0.15) is 4.98 Å². The molecule has 0 bridgehead atoms. The average molecular weight is 228 g/mol. The number of aromatic nitrogens is 3. The molecular formula is C13H16N4. The van der Waals surface area contributed by atoms with Gasteiger partial charge in [0.05, 0.1) is 0 Å². The Bertz CT molecular complexity index is 536. The number of fused-ring (bicyclic) bond motifs is 1. The topological polar surface area (TPSA) is 42.2 Å². The second kappa shape index (κ2) is 5.35. The molecule has 2 aromatic heterocycles. The summed E-state index contributed by atoms with van der Waals surface area (Å²) >= 11 is 0. The fraction of sp³-hybridized carbons (Fsp3) is 0.385. The van der Waals surface area contributed by atoms with Gasteiger partial charge in [0.15, 0.2) is 5.65 Å². The summed E-state index contributed by atoms with van der Waals surface area (Å²) in [6, 6.07) is 5.94. The Morgan fingerprint density at radius 2 is 2.29 bits per heavy atom. The van der Waals surface area contributed by atoms with Gasteiger partial charge in [-0.05, 0) is 31.9 Å². The Morgan fingerprint density at radius 1 is 1.41 bits per heavy atom. The summed E-state index contributed by atoms with van der Waals surface area (Å²) in [5, 5.41) is 7.59. The molecule has 0 aliphatic heterocycles. The van der Waals surface area contributed by atoms with Crippen molar-refractivity contribution < 1.29 is 0 Å². The number of rotatable bonds is 5. The lowest BCUT2D eigenvalue weighted by Crippen LogP contribution is -2.03. The van der Waals surface area contributed by atoms with Crippen molar-refractivity contribution in [1.29, 1.82) is 0 Å². The number of nitrogens with zero attached hydrogens (tertiary/aromatic N) is 3. The van der Waals surface area contributed by atoms with Gasteiger partial charge >= 0.3 is 0 Å². The van der Waals surface area contributed by atoms with Gasteiger partial charge in [-0.3, -0.25) is 0 Å². The third-order valence-corrected chi connectivity index (χ3v) is 2.58. The van der Waals surface area contributed by atoms with Crippen LogP contribution < -0.4 is 5.32 Å². The van der Waals surface area contributed by atoms with Crippen molar-refractivity contribution in [2.45, 2.75) is 26.2 Å². The third kappa shape index (κ3) is 2.76. The number of unbranched alkanes of at least 4 members (excludes halogenated alkanes) is 2. The minimum atomic E-state index is 0.681. The first-order chi connectivity index (χ1) is 8.31. The first-order valence-electron chi connectivity index (χ1n) is 5.81. The summed E-state index contributed by atoms with van der Waals surface area (Å²) in [4.78, 5) is 4.39. The number of nitrogens with one attached hydrogen (secondary N) is 1. The SMILES string of the molecule is C#CCCCCNc1nc2cccc(C)n2n1. The average Bonchev–Trinajstić information content (AvgIpc) is 2.73. The maximum absolute atomic E-state index is 5.19. The molecule has 4 nitrogen and oxygen atoms in total. The van der Waals surface area contributed by atoms with Gasteiger partial charge in [-0.15, -0.1) is 17.4 Å². The monoisotopic (exact) mass is 228 g/mol. The molecule has 0 atom stereocenters. The molecule has 0 saturated carbocycles. The van der Waals surface area contributed by atoms with E-state index < -0.39 is 0 Å². The smallest absolute Gasteiger partial charge is 0.243 e. The molecular weight excluding hydrogens is 212 g/mol. The number of hydrogen-bond acceptors (Lipinski definition) is 3. The Kier molecular flexibility index (Phi) is 3.61. The molecule has 2 heterocycles. The van der Waals surface area contributed by atoms with Crippen LogP contribution in [0.1, 0.15) is 25.0 Å². The normalized spacial score (nSPS) is 10.4. The largest absolute Gasteiger partial charge is 0.353 e. The highest BCUT2D eigenvalue weighted by Crippen LogP contribution is 2.08. The molecule has 0 unspecified atom stereocenters. The molecule has 88 valence electrons. The van der Waals surface area contributed by atoms with E-state index in [1.54, 1.807) is 0 Å². The van der Waals surface area contributed by atoms with Crippen LogP contribution in [0.3, 0.4) is 0 Å². The van der Waals surface area contributed by atoms with Gasteiger partial charge in [-0.25, -0.2) is 4.52 Å². The molecule has 0 aromatic carbocycles. The van der Waals surface area contributed by atoms with E-state index >= 15 is 0 Å². The maximum Gasteiger partial charge on any atom is 0.243 e. The Morgan fingerprint density at radius 3 is 3.06 bits per heavy atom. The van der Waals surface area contributed by atoms with Crippen LogP contribution in [0.5, 0.6) is 0 Å². The first kappa shape index (κ1) is 11.5. The molecule has 4 heteroatoms. The van der Waals surface area contributed by atoms with Crippen molar-refractivity contribution in [2.24, 2.45) is 0 Å². The van der Waals surface area contributed by atoms with Crippen LogP contribution in [0.25, 0.3) is 5.65 Å². The van der Waals surface area contributed by atoms with Crippen molar-refractivity contribution >= 4 is 11.6 Å². The van der Waals surface area contributed by atoms with Crippen LogP contribution in [0.2, 0.25) is 0 Å². The molecule has 0 amide bonds. The molecule has 17 heavy (non-hydrogen) atoms. The number of anilines is 1. The van der Waals surface area contributed by atoms with E-state index in [2.05, 4.69) is 21.3 Å². The van der Waals surface area contributed by atoms with Gasteiger partial charge in [0.25, 0.3) is 0 Å². The predicted molar refractivity (Wildman–Crippen MR) is 68.9 cm³/mol. The minimum absolute atomic E-state index is 0.681. The van der Waals surface area contributed by atoms with E-state index in [-0.39, 0.29) is 0 Å². The first-order valence-corrected chi connectivity index (χ1v) is 5.81. The van der Waals surface area contributed by atoms with E-state index in [9.17, 15) is 0 Å². The second-order valence-electron chi connectivity index (χ2n) is 3.96. The lowest BCUT2D eigenvalue weighted by molar-refractivity contribution is 0.783. The van der Waals surface area contributed by atoms with E-state index in [0.717, 1.165) is 37.1 Å². The molecule has 0 fully saturated rings. The van der Waals surface area contributed by atoms with E-state index in [4.69, 9.17) is 6.42 Å². The van der Waals surface area contributed by atoms with Gasteiger partial charge in [0.1, 0.15) is 0 Å². The Balaban J connectivity index is 1.96. The number of hydrogen-bond donors (Lipinski definition) is 1. The summed E-state index contributed by atoms with van der Waals surface area (Å²) < 4.78 is 1.84. The molecule has 1 N–H and O–H groups in total. The molecule has 2 rings (SSSR count). The minimum Gasteiger partial charge on any atom is -0.353 e. The fourth-order valence-corrected chi connectivity index (χ4v) is 1.66. The number of terminal acetylenes is 1. The van der Waals surface area contributed by atoms with Crippen molar-refractivity contribution in [3.05, 3.63) is 23.9 Å². The predicted octanol–water partition coefficient (Wildman–Crippen LogP) is 2.25. The van der Waals surface area contributed by atoms with Gasteiger partial charge in [0.2, 0.25) is 5.95 Å². The standard InChI is InChI=1S/C13H16N4/c1-3-4-5-6-10-14-13-15-12-9-7-8-11(2)17(12)16-13/h1,7-9H,4-6,10H2,2H3,(H,14,16). The molecule has 0 aliphatic carbocycles. The van der Waals surface area contributed by atoms with Crippen LogP contribution in [-0.2, 0) is 0 Å². The van der Waals surface area contributed by atoms with Crippen LogP contribution in [0.15, 0.2) is 18.2 Å². The van der Waals surface area contributed by atoms with Crippen LogP contribution in [-0.4, -0.2) is 21.1 Å². The fourth-order valence-electron chi connectivity index (χ4n) is 1.66. The van der Waals surface area contributed by atoms with E-state index in [1.165, 1.54) is 0 Å². The Hall–Kier alpha value is -2.02. The highest BCUT2D eigenvalue weighted by atomic mass is 15.3. The van der Waals surface area contributed by atoms with Gasteiger partial charge in [-0.1, -0.05) is 6.07 Å². The quantitative estimate of drug-likeness (QED) is 0.630. The molecule has 0 saturated heterocycles. The van der Waals surface area contributed by atoms with Crippen LogP contribution >= 0.6 is 0 Å². The van der Waals surface area contributed by atoms with Crippen molar-refractivity contribution in [2.75, 3.05) is 11.9 Å². The molecule has 0 aliphatic rings. The van der Waals surface area contributed by atoms with Crippen LogP contribution in [0, 0.1) is 19.3 Å². The highest BCUT2D eigenvalue weighted by Gasteiger charge is 2.03. The third-order valence-electron chi connectivity index (χ3n) is 2.58. The zero-order chi connectivity index (χ0) is 12.1. The summed E-state index contributed by atoms with van der Waals surface area (Å²) in [6.45, 7) is 2.87. The lowest BCUT2D eigenvalue weighted by atomic mass is 10.2. The van der Waals surface area contributed by atoms with E-state index in [1.807, 2.05) is 29.6 Å². The maximum atomic E-state index is 5.19. The summed E-state index contributed by atoms with van der Waals surface area (Å²) in [6.07, 6.45) is 8.10. The van der Waals surface area contributed by atoms with Gasteiger partial charge in [0, 0.05) is 18.7 Å². The van der Waals surface area contributed by atoms with E-state index in [0.29, 0.717) is 5.95 Å². The van der Waals surface area contributed by atoms with Gasteiger partial charge < -0.3 is 5.32 Å². The Labute approximate surface area is 101 Å². The summed E-state index contributed by atoms with van der Waals surface area (Å²) in [5.41, 5.74) is 1.95. The summed E-state index contributed by atoms with van der Waals surface area (Å²) in [7, 11) is 0. The van der Waals surface area contributed by atoms with Crippen molar-refractivity contribution in [3.63, 3.8) is 0 Å². The second-order valence-corrected chi connectivity index (χ2v) is 3.96. The lowest BCUT2D eigenvalue weighted by Gasteiger charge is -1.99. The molecule has 0 radical (unpaired) electrons. The zero-order valence-corrected chi connectivity index (χ0v) is 9.98. The number of aryl methyl sites for hydroxylation is 1.